The third kappa shape index (κ3) is 3.14. The Morgan fingerprint density at radius 3 is 2.17 bits per heavy atom. The maximum atomic E-state index is 5.59. The largest absolute Gasteiger partial charge is 0.375 e. The summed E-state index contributed by atoms with van der Waals surface area (Å²) in [4.78, 5) is 0. The Labute approximate surface area is 143 Å². The number of rotatable bonds is 4. The Hall–Kier alpha value is -1.42. The number of benzene rings is 1. The molecular formula is C19H25N3S. The molecule has 5 rings (SSSR count). The fourth-order valence-corrected chi connectivity index (χ4v) is 5.87. The molecule has 0 heterocycles. The first-order valence-electron chi connectivity index (χ1n) is 8.79. The van der Waals surface area contributed by atoms with Gasteiger partial charge in [0.05, 0.1) is 5.71 Å². The molecule has 0 aromatic heterocycles. The average Bonchev–Trinajstić information content (AvgIpc) is 2.51. The molecule has 1 aromatic carbocycles. The summed E-state index contributed by atoms with van der Waals surface area (Å²) in [6.07, 6.45) is 9.64. The predicted molar refractivity (Wildman–Crippen MR) is 98.1 cm³/mol. The number of hydrazone groups is 1. The highest BCUT2D eigenvalue weighted by molar-refractivity contribution is 7.80. The molecule has 0 atom stereocenters. The van der Waals surface area contributed by atoms with Gasteiger partial charge in [0.1, 0.15) is 0 Å². The number of nitrogens with zero attached hydrogens (tertiary/aromatic N) is 1. The van der Waals surface area contributed by atoms with Gasteiger partial charge in [-0.05, 0) is 85.9 Å². The standard InChI is InChI=1S/C19H25N3S/c20-18(23)22-21-17(16-4-2-1-3-5-16)12-19-9-13-6-14(10-19)8-15(7-13)11-19/h1-5,13-15H,6-12H2,(H3,20,22,23)/b21-17-. The zero-order chi connectivity index (χ0) is 15.9. The second-order valence-electron chi connectivity index (χ2n) is 7.99. The highest BCUT2D eigenvalue weighted by Gasteiger charge is 2.51. The first kappa shape index (κ1) is 15.1. The molecule has 3 N–H and O–H groups in total. The summed E-state index contributed by atoms with van der Waals surface area (Å²) >= 11 is 4.94. The Bertz CT molecular complexity index is 587. The molecule has 0 amide bonds. The van der Waals surface area contributed by atoms with E-state index in [-0.39, 0.29) is 5.11 Å². The summed E-state index contributed by atoms with van der Waals surface area (Å²) in [5.74, 6) is 2.88. The SMILES string of the molecule is NC(=S)N/N=C(/CC12CC3CC(CC(C3)C1)C2)c1ccccc1. The van der Waals surface area contributed by atoms with Crippen LogP contribution in [0.5, 0.6) is 0 Å². The normalized spacial score (nSPS) is 35.3. The van der Waals surface area contributed by atoms with Gasteiger partial charge in [-0.15, -0.1) is 0 Å². The van der Waals surface area contributed by atoms with Crippen molar-refractivity contribution in [2.24, 2.45) is 34.0 Å². The average molecular weight is 327 g/mol. The van der Waals surface area contributed by atoms with Gasteiger partial charge in [0.15, 0.2) is 5.11 Å². The first-order chi connectivity index (χ1) is 11.1. The van der Waals surface area contributed by atoms with E-state index in [2.05, 4.69) is 34.8 Å². The first-order valence-corrected chi connectivity index (χ1v) is 9.20. The smallest absolute Gasteiger partial charge is 0.184 e. The van der Waals surface area contributed by atoms with Crippen LogP contribution in [0.2, 0.25) is 0 Å². The molecule has 3 nitrogen and oxygen atoms in total. The van der Waals surface area contributed by atoms with Crippen molar-refractivity contribution in [3.05, 3.63) is 35.9 Å². The van der Waals surface area contributed by atoms with E-state index in [9.17, 15) is 0 Å². The van der Waals surface area contributed by atoms with E-state index >= 15 is 0 Å². The van der Waals surface area contributed by atoms with Gasteiger partial charge in [-0.25, -0.2) is 0 Å². The van der Waals surface area contributed by atoms with Crippen molar-refractivity contribution in [1.29, 1.82) is 0 Å². The molecule has 0 saturated heterocycles. The zero-order valence-corrected chi connectivity index (χ0v) is 14.3. The fraction of sp³-hybridized carbons (Fsp3) is 0.579. The highest BCUT2D eigenvalue weighted by atomic mass is 32.1. The zero-order valence-electron chi connectivity index (χ0n) is 13.5. The lowest BCUT2D eigenvalue weighted by molar-refractivity contribution is -0.0481. The van der Waals surface area contributed by atoms with Gasteiger partial charge in [-0.1, -0.05) is 30.3 Å². The van der Waals surface area contributed by atoms with Gasteiger partial charge in [-0.2, -0.15) is 5.10 Å². The summed E-state index contributed by atoms with van der Waals surface area (Å²) < 4.78 is 0. The molecule has 122 valence electrons. The molecule has 0 spiro atoms. The van der Waals surface area contributed by atoms with Crippen LogP contribution < -0.4 is 11.2 Å². The van der Waals surface area contributed by atoms with E-state index in [1.54, 1.807) is 0 Å². The molecule has 4 saturated carbocycles. The lowest BCUT2D eigenvalue weighted by Gasteiger charge is -2.57. The minimum absolute atomic E-state index is 0.240. The topological polar surface area (TPSA) is 50.4 Å². The van der Waals surface area contributed by atoms with E-state index in [1.807, 2.05) is 6.07 Å². The van der Waals surface area contributed by atoms with Crippen LogP contribution >= 0.6 is 12.2 Å². The fourth-order valence-electron chi connectivity index (χ4n) is 5.82. The van der Waals surface area contributed by atoms with Crippen LogP contribution in [-0.4, -0.2) is 10.8 Å². The maximum absolute atomic E-state index is 5.59. The quantitative estimate of drug-likeness (QED) is 0.502. The molecule has 23 heavy (non-hydrogen) atoms. The summed E-state index contributed by atoms with van der Waals surface area (Å²) in [7, 11) is 0. The van der Waals surface area contributed by atoms with E-state index in [0.29, 0.717) is 5.41 Å². The minimum Gasteiger partial charge on any atom is -0.375 e. The second kappa shape index (κ2) is 5.90. The van der Waals surface area contributed by atoms with Crippen molar-refractivity contribution in [3.63, 3.8) is 0 Å². The molecule has 4 bridgehead atoms. The van der Waals surface area contributed by atoms with Gasteiger partial charge in [-0.3, -0.25) is 5.43 Å². The molecule has 4 heteroatoms. The number of hydrogen-bond acceptors (Lipinski definition) is 2. The van der Waals surface area contributed by atoms with E-state index in [0.717, 1.165) is 29.9 Å². The third-order valence-corrected chi connectivity index (χ3v) is 6.21. The van der Waals surface area contributed by atoms with Crippen LogP contribution in [0.25, 0.3) is 0 Å². The van der Waals surface area contributed by atoms with Crippen LogP contribution in [0.15, 0.2) is 35.4 Å². The van der Waals surface area contributed by atoms with Gasteiger partial charge in [0, 0.05) is 0 Å². The van der Waals surface area contributed by atoms with Crippen LogP contribution in [0.4, 0.5) is 0 Å². The Kier molecular flexibility index (Phi) is 3.88. The number of hydrogen-bond donors (Lipinski definition) is 2. The second-order valence-corrected chi connectivity index (χ2v) is 8.43. The van der Waals surface area contributed by atoms with Gasteiger partial charge < -0.3 is 5.73 Å². The lowest BCUT2D eigenvalue weighted by atomic mass is 9.48. The van der Waals surface area contributed by atoms with Crippen LogP contribution in [0.3, 0.4) is 0 Å². The van der Waals surface area contributed by atoms with Gasteiger partial charge in [0.2, 0.25) is 0 Å². The van der Waals surface area contributed by atoms with Crippen LogP contribution in [-0.2, 0) is 0 Å². The summed E-state index contributed by atoms with van der Waals surface area (Å²) in [5.41, 5.74) is 11.2. The monoisotopic (exact) mass is 327 g/mol. The van der Waals surface area contributed by atoms with E-state index < -0.39 is 0 Å². The molecule has 0 radical (unpaired) electrons. The summed E-state index contributed by atoms with van der Waals surface area (Å²) in [6.45, 7) is 0. The third-order valence-electron chi connectivity index (χ3n) is 6.12. The molecule has 4 aliphatic rings. The van der Waals surface area contributed by atoms with Crippen molar-refractivity contribution in [1.82, 2.24) is 5.43 Å². The van der Waals surface area contributed by atoms with E-state index in [4.69, 9.17) is 18.0 Å². The summed E-state index contributed by atoms with van der Waals surface area (Å²) in [5, 5.41) is 4.81. The highest BCUT2D eigenvalue weighted by Crippen LogP contribution is 2.61. The Balaban J connectivity index is 1.60. The van der Waals surface area contributed by atoms with Crippen molar-refractivity contribution in [2.75, 3.05) is 0 Å². The van der Waals surface area contributed by atoms with Crippen molar-refractivity contribution >= 4 is 23.0 Å². The molecule has 0 unspecified atom stereocenters. The number of thiocarbonyl (C=S) groups is 1. The summed E-state index contributed by atoms with van der Waals surface area (Å²) in [6, 6.07) is 10.5. The Morgan fingerprint density at radius 1 is 1.09 bits per heavy atom. The molecule has 4 fully saturated rings. The molecule has 0 aliphatic heterocycles. The van der Waals surface area contributed by atoms with Crippen molar-refractivity contribution in [3.8, 4) is 0 Å². The van der Waals surface area contributed by atoms with Crippen LogP contribution in [0.1, 0.15) is 50.5 Å². The van der Waals surface area contributed by atoms with Crippen molar-refractivity contribution < 1.29 is 0 Å². The molecular weight excluding hydrogens is 302 g/mol. The minimum atomic E-state index is 0.240. The van der Waals surface area contributed by atoms with E-state index in [1.165, 1.54) is 44.1 Å². The van der Waals surface area contributed by atoms with Gasteiger partial charge >= 0.3 is 0 Å². The van der Waals surface area contributed by atoms with Crippen LogP contribution in [0, 0.1) is 23.2 Å². The number of nitrogens with one attached hydrogen (secondary N) is 1. The Morgan fingerprint density at radius 2 is 1.65 bits per heavy atom. The van der Waals surface area contributed by atoms with Gasteiger partial charge in [0.25, 0.3) is 0 Å². The predicted octanol–water partition coefficient (Wildman–Crippen LogP) is 3.83. The lowest BCUT2D eigenvalue weighted by Crippen LogP contribution is -2.47. The molecule has 4 aliphatic carbocycles. The number of nitrogens with two attached hydrogens (primary N) is 1. The molecule has 1 aromatic rings. The van der Waals surface area contributed by atoms with Crippen molar-refractivity contribution in [2.45, 2.75) is 44.9 Å². The maximum Gasteiger partial charge on any atom is 0.184 e.